The molecule has 1 spiro atoms. The van der Waals surface area contributed by atoms with Crippen molar-refractivity contribution in [3.8, 4) is 5.75 Å². The van der Waals surface area contributed by atoms with Gasteiger partial charge >= 0.3 is 0 Å². The quantitative estimate of drug-likeness (QED) is 0.344. The second-order valence-corrected chi connectivity index (χ2v) is 15.3. The third-order valence-electron chi connectivity index (χ3n) is 10.5. The lowest BCUT2D eigenvalue weighted by atomic mass is 9.64. The fraction of sp³-hybridized carbons (Fsp3) is 0.529. The number of ether oxygens (including phenoxy) is 2. The Bertz CT molecular complexity index is 1580. The fourth-order valence-corrected chi connectivity index (χ4v) is 9.46. The number of allylic oxidation sites excluding steroid dienone is 1. The Morgan fingerprint density at radius 2 is 2.02 bits per heavy atom. The molecule has 1 saturated carbocycles. The normalized spacial score (nSPS) is 32.2. The van der Waals surface area contributed by atoms with E-state index in [4.69, 9.17) is 21.1 Å². The van der Waals surface area contributed by atoms with Crippen LogP contribution in [-0.4, -0.2) is 58.3 Å². The van der Waals surface area contributed by atoms with Gasteiger partial charge in [0, 0.05) is 42.1 Å². The lowest BCUT2D eigenvalue weighted by Crippen LogP contribution is -2.53. The maximum atomic E-state index is 13.4. The van der Waals surface area contributed by atoms with Crippen molar-refractivity contribution in [3.63, 3.8) is 0 Å². The molecule has 0 unspecified atom stereocenters. The van der Waals surface area contributed by atoms with E-state index in [9.17, 15) is 18.0 Å². The standard InChI is InChI=1S/C34H41ClN2O6S/c1-3-27-8-4-5-16-34(21-38,42-2)29-12-9-25(29)19-37-20-33(15-6-7-23-17-26(35)11-13-28(23)33)22-43-31-14-10-24(18-30(31)37)32(39)36-44(27,40)41/h5,10-11,13-14,16-18,21,25,27,29H,3-4,6-9,12,15,19-20,22H2,1-2H3,(H,36,39)/b16-5-/t25-,27+,29+,33-,34+/m0/s1. The summed E-state index contributed by atoms with van der Waals surface area (Å²) in [7, 11) is -2.37. The molecule has 0 aromatic heterocycles. The number of nitrogens with zero attached hydrogens (tertiary/aromatic N) is 1. The first-order valence-corrected chi connectivity index (χ1v) is 17.6. The molecular formula is C34H41ClN2O6S. The fourth-order valence-electron chi connectivity index (χ4n) is 7.84. The number of sulfonamides is 1. The average molecular weight is 641 g/mol. The van der Waals surface area contributed by atoms with E-state index in [-0.39, 0.29) is 22.8 Å². The number of hydrogen-bond donors (Lipinski definition) is 1. The van der Waals surface area contributed by atoms with Gasteiger partial charge in [-0.05, 0) is 105 Å². The van der Waals surface area contributed by atoms with Gasteiger partial charge in [-0.15, -0.1) is 0 Å². The van der Waals surface area contributed by atoms with Crippen LogP contribution in [0.2, 0.25) is 5.02 Å². The van der Waals surface area contributed by atoms with Crippen LogP contribution >= 0.6 is 11.6 Å². The van der Waals surface area contributed by atoms with Crippen molar-refractivity contribution < 1.29 is 27.5 Å². The Balaban J connectivity index is 1.46. The molecule has 2 aromatic carbocycles. The number of aldehydes is 1. The molecular weight excluding hydrogens is 600 g/mol. The molecule has 236 valence electrons. The van der Waals surface area contributed by atoms with E-state index in [1.807, 2.05) is 18.2 Å². The lowest BCUT2D eigenvalue weighted by molar-refractivity contribution is -0.135. The molecule has 1 N–H and O–H groups in total. The molecule has 1 fully saturated rings. The lowest BCUT2D eigenvalue weighted by Gasteiger charge is -2.48. The van der Waals surface area contributed by atoms with Gasteiger partial charge in [0.05, 0.1) is 17.5 Å². The van der Waals surface area contributed by atoms with Crippen molar-refractivity contribution in [1.29, 1.82) is 0 Å². The minimum absolute atomic E-state index is 0.0349. The molecule has 2 bridgehead atoms. The van der Waals surface area contributed by atoms with Crippen LogP contribution in [0.3, 0.4) is 0 Å². The highest BCUT2D eigenvalue weighted by atomic mass is 35.5. The second kappa shape index (κ2) is 12.1. The molecule has 44 heavy (non-hydrogen) atoms. The molecule has 2 heterocycles. The highest BCUT2D eigenvalue weighted by molar-refractivity contribution is 7.90. The van der Waals surface area contributed by atoms with Crippen LogP contribution in [0.25, 0.3) is 0 Å². The van der Waals surface area contributed by atoms with Crippen LogP contribution in [0.5, 0.6) is 5.75 Å². The van der Waals surface area contributed by atoms with Gasteiger partial charge in [-0.2, -0.15) is 0 Å². The minimum atomic E-state index is -3.94. The van der Waals surface area contributed by atoms with Crippen LogP contribution < -0.4 is 14.4 Å². The molecule has 1 amide bonds. The summed E-state index contributed by atoms with van der Waals surface area (Å²) in [5, 5.41) is -0.0382. The summed E-state index contributed by atoms with van der Waals surface area (Å²) in [6.07, 6.45) is 10.4. The first-order chi connectivity index (χ1) is 21.1. The van der Waals surface area contributed by atoms with Crippen molar-refractivity contribution in [1.82, 2.24) is 4.72 Å². The number of fused-ring (bicyclic) bond motifs is 4. The van der Waals surface area contributed by atoms with Gasteiger partial charge < -0.3 is 14.4 Å². The molecule has 2 aliphatic heterocycles. The molecule has 4 aliphatic rings. The first kappa shape index (κ1) is 31.1. The first-order valence-electron chi connectivity index (χ1n) is 15.7. The molecule has 0 radical (unpaired) electrons. The zero-order chi connectivity index (χ0) is 31.1. The number of hydrogen-bond acceptors (Lipinski definition) is 7. The summed E-state index contributed by atoms with van der Waals surface area (Å²) in [6.45, 7) is 3.55. The molecule has 2 aromatic rings. The molecule has 8 nitrogen and oxygen atoms in total. The number of aryl methyl sites for hydroxylation is 1. The smallest absolute Gasteiger partial charge is 0.264 e. The van der Waals surface area contributed by atoms with Crippen LogP contribution in [0.1, 0.15) is 73.4 Å². The van der Waals surface area contributed by atoms with E-state index < -0.39 is 26.8 Å². The summed E-state index contributed by atoms with van der Waals surface area (Å²) in [5.74, 6) is 0.132. The van der Waals surface area contributed by atoms with Gasteiger partial charge in [0.1, 0.15) is 11.4 Å². The van der Waals surface area contributed by atoms with Gasteiger partial charge in [0.2, 0.25) is 10.0 Å². The van der Waals surface area contributed by atoms with Crippen molar-refractivity contribution in [2.24, 2.45) is 11.8 Å². The van der Waals surface area contributed by atoms with Crippen molar-refractivity contribution in [3.05, 3.63) is 70.3 Å². The van der Waals surface area contributed by atoms with Gasteiger partial charge in [-0.3, -0.25) is 9.59 Å². The Labute approximate surface area is 265 Å². The highest BCUT2D eigenvalue weighted by Gasteiger charge is 2.49. The van der Waals surface area contributed by atoms with Gasteiger partial charge in [0.15, 0.2) is 6.29 Å². The van der Waals surface area contributed by atoms with Crippen molar-refractivity contribution >= 4 is 39.5 Å². The Morgan fingerprint density at radius 3 is 2.75 bits per heavy atom. The number of halogens is 1. The Hall–Kier alpha value is -2.88. The number of carbonyl (C=O) groups excluding carboxylic acids is 2. The third-order valence-corrected chi connectivity index (χ3v) is 12.6. The zero-order valence-electron chi connectivity index (χ0n) is 25.4. The van der Waals surface area contributed by atoms with E-state index in [0.717, 1.165) is 49.1 Å². The number of nitrogens with one attached hydrogen (secondary N) is 1. The largest absolute Gasteiger partial charge is 0.490 e. The van der Waals surface area contributed by atoms with E-state index in [0.29, 0.717) is 44.7 Å². The monoisotopic (exact) mass is 640 g/mol. The van der Waals surface area contributed by atoms with Crippen LogP contribution in [-0.2, 0) is 31.4 Å². The Morgan fingerprint density at radius 1 is 1.18 bits per heavy atom. The molecule has 0 saturated heterocycles. The highest BCUT2D eigenvalue weighted by Crippen LogP contribution is 2.48. The third kappa shape index (κ3) is 5.56. The SMILES string of the molecule is CC[C@@H]1CC/C=C\[C@](C=O)(OC)[C@@H]2CC[C@H]2CN2C[C@@]3(CCCc4cc(Cl)ccc43)COc3ccc(cc32)C(=O)NS1(=O)=O. The summed E-state index contributed by atoms with van der Waals surface area (Å²) >= 11 is 6.40. The summed E-state index contributed by atoms with van der Waals surface area (Å²) in [4.78, 5) is 28.4. The second-order valence-electron chi connectivity index (χ2n) is 12.9. The number of methoxy groups -OCH3 is 1. The molecule has 6 rings (SSSR count). The van der Waals surface area contributed by atoms with Crippen LogP contribution in [0, 0.1) is 11.8 Å². The summed E-state index contributed by atoms with van der Waals surface area (Å²) < 4.78 is 41.4. The van der Waals surface area contributed by atoms with Crippen LogP contribution in [0.15, 0.2) is 48.6 Å². The van der Waals surface area contributed by atoms with Crippen molar-refractivity contribution in [2.45, 2.75) is 74.6 Å². The molecule has 10 heteroatoms. The molecule has 5 atom stereocenters. The number of benzene rings is 2. The maximum absolute atomic E-state index is 13.4. The van der Waals surface area contributed by atoms with Crippen molar-refractivity contribution in [2.75, 3.05) is 31.7 Å². The van der Waals surface area contributed by atoms with Gasteiger partial charge in [-0.1, -0.05) is 30.7 Å². The Kier molecular flexibility index (Phi) is 8.58. The topological polar surface area (TPSA) is 102 Å². The van der Waals surface area contributed by atoms with E-state index in [1.54, 1.807) is 32.2 Å². The predicted octanol–water partition coefficient (Wildman–Crippen LogP) is 5.61. The number of amides is 1. The van der Waals surface area contributed by atoms with Gasteiger partial charge in [0.25, 0.3) is 5.91 Å². The summed E-state index contributed by atoms with van der Waals surface area (Å²) in [5.41, 5.74) is 2.08. The van der Waals surface area contributed by atoms with E-state index in [1.165, 1.54) is 11.1 Å². The summed E-state index contributed by atoms with van der Waals surface area (Å²) in [6, 6.07) is 11.3. The number of anilines is 1. The average Bonchev–Trinajstić information content (AvgIpc) is 3.14. The molecule has 2 aliphatic carbocycles. The zero-order valence-corrected chi connectivity index (χ0v) is 27.0. The maximum Gasteiger partial charge on any atom is 0.264 e. The van der Waals surface area contributed by atoms with Crippen LogP contribution in [0.4, 0.5) is 5.69 Å². The number of carbonyl (C=O) groups is 2. The minimum Gasteiger partial charge on any atom is -0.490 e. The van der Waals surface area contributed by atoms with E-state index in [2.05, 4.69) is 21.8 Å². The van der Waals surface area contributed by atoms with Gasteiger partial charge in [-0.25, -0.2) is 13.1 Å². The predicted molar refractivity (Wildman–Crippen MR) is 171 cm³/mol. The van der Waals surface area contributed by atoms with E-state index >= 15 is 0 Å². The number of rotatable bonds is 3.